The number of carbonyl (C=O) groups excluding carboxylic acids is 1. The van der Waals surface area contributed by atoms with E-state index in [1.54, 1.807) is 6.92 Å². The highest BCUT2D eigenvalue weighted by molar-refractivity contribution is 5.89. The summed E-state index contributed by atoms with van der Waals surface area (Å²) in [6, 6.07) is 2.72. The summed E-state index contributed by atoms with van der Waals surface area (Å²) < 4.78 is 9.65. The number of rotatable bonds is 5. The van der Waals surface area contributed by atoms with Crippen molar-refractivity contribution in [3.63, 3.8) is 0 Å². The van der Waals surface area contributed by atoms with E-state index in [1.165, 1.54) is 25.3 Å². The number of methoxy groups -OCH3 is 1. The number of nitrogens with two attached hydrogens (primary N) is 1. The van der Waals surface area contributed by atoms with Gasteiger partial charge in [-0.1, -0.05) is 0 Å². The second kappa shape index (κ2) is 6.39. The molecule has 0 saturated carbocycles. The van der Waals surface area contributed by atoms with E-state index in [-0.39, 0.29) is 23.7 Å². The van der Waals surface area contributed by atoms with Crippen molar-refractivity contribution in [3.8, 4) is 5.75 Å². The molecule has 7 heteroatoms. The Labute approximate surface area is 109 Å². The van der Waals surface area contributed by atoms with E-state index < -0.39 is 10.9 Å². The van der Waals surface area contributed by atoms with Gasteiger partial charge in [-0.3, -0.25) is 10.1 Å². The first kappa shape index (κ1) is 14.5. The van der Waals surface area contributed by atoms with Crippen LogP contribution in [0.1, 0.15) is 12.5 Å². The Morgan fingerprint density at radius 3 is 2.74 bits per heavy atom. The Bertz CT molecular complexity index is 525. The first-order valence-corrected chi connectivity index (χ1v) is 5.46. The normalized spacial score (nSPS) is 10.4. The van der Waals surface area contributed by atoms with Crippen LogP contribution in [0.25, 0.3) is 6.08 Å². The van der Waals surface area contributed by atoms with Crippen molar-refractivity contribution < 1.29 is 19.2 Å². The summed E-state index contributed by atoms with van der Waals surface area (Å²) in [5, 5.41) is 10.8. The molecular formula is C12H14N2O5. The number of carbonyl (C=O) groups is 1. The van der Waals surface area contributed by atoms with Gasteiger partial charge in [-0.2, -0.15) is 0 Å². The molecule has 0 unspecified atom stereocenters. The second-order valence-corrected chi connectivity index (χ2v) is 3.49. The molecule has 7 nitrogen and oxygen atoms in total. The summed E-state index contributed by atoms with van der Waals surface area (Å²) in [6.45, 7) is 1.92. The fourth-order valence-electron chi connectivity index (χ4n) is 1.39. The fraction of sp³-hybridized carbons (Fsp3) is 0.250. The number of hydrogen-bond acceptors (Lipinski definition) is 6. The molecule has 0 atom stereocenters. The first-order chi connectivity index (χ1) is 8.99. The average Bonchev–Trinajstić information content (AvgIpc) is 2.37. The molecule has 0 radical (unpaired) electrons. The molecule has 0 bridgehead atoms. The van der Waals surface area contributed by atoms with Crippen LogP contribution in [-0.2, 0) is 9.53 Å². The minimum absolute atomic E-state index is 0.0358. The Hall–Kier alpha value is -2.57. The molecule has 0 aliphatic carbocycles. The molecular weight excluding hydrogens is 252 g/mol. The molecule has 0 aromatic heterocycles. The van der Waals surface area contributed by atoms with E-state index in [9.17, 15) is 14.9 Å². The van der Waals surface area contributed by atoms with Crippen molar-refractivity contribution in [1.29, 1.82) is 0 Å². The fourth-order valence-corrected chi connectivity index (χ4v) is 1.39. The van der Waals surface area contributed by atoms with Gasteiger partial charge in [-0.05, 0) is 19.1 Å². The van der Waals surface area contributed by atoms with Crippen LogP contribution in [-0.4, -0.2) is 24.6 Å². The molecule has 0 heterocycles. The largest absolute Gasteiger partial charge is 0.496 e. The highest BCUT2D eigenvalue weighted by Crippen LogP contribution is 2.31. The minimum Gasteiger partial charge on any atom is -0.496 e. The number of hydrogen-bond donors (Lipinski definition) is 1. The van der Waals surface area contributed by atoms with Crippen LogP contribution < -0.4 is 10.5 Å². The number of nitrogen functional groups attached to an aromatic ring is 1. The van der Waals surface area contributed by atoms with Gasteiger partial charge >= 0.3 is 5.97 Å². The van der Waals surface area contributed by atoms with Crippen molar-refractivity contribution in [1.82, 2.24) is 0 Å². The van der Waals surface area contributed by atoms with E-state index >= 15 is 0 Å². The maximum absolute atomic E-state index is 11.2. The number of nitro groups is 1. The number of anilines is 1. The third-order valence-electron chi connectivity index (χ3n) is 2.28. The third-order valence-corrected chi connectivity index (χ3v) is 2.28. The number of nitro benzene ring substituents is 1. The van der Waals surface area contributed by atoms with Crippen molar-refractivity contribution in [2.75, 3.05) is 19.5 Å². The van der Waals surface area contributed by atoms with Gasteiger partial charge in [-0.15, -0.1) is 0 Å². The molecule has 19 heavy (non-hydrogen) atoms. The highest BCUT2D eigenvalue weighted by atomic mass is 16.6. The predicted octanol–water partition coefficient (Wildman–Crippen LogP) is 1.76. The predicted molar refractivity (Wildman–Crippen MR) is 69.7 cm³/mol. The zero-order valence-electron chi connectivity index (χ0n) is 10.6. The summed E-state index contributed by atoms with van der Waals surface area (Å²) >= 11 is 0. The maximum atomic E-state index is 11.2. The molecule has 102 valence electrons. The summed E-state index contributed by atoms with van der Waals surface area (Å²) in [5.74, 6) is -0.267. The average molecular weight is 266 g/mol. The Balaban J connectivity index is 3.16. The Morgan fingerprint density at radius 1 is 1.53 bits per heavy atom. The van der Waals surface area contributed by atoms with Crippen molar-refractivity contribution in [2.24, 2.45) is 0 Å². The molecule has 0 amide bonds. The van der Waals surface area contributed by atoms with Crippen LogP contribution >= 0.6 is 0 Å². The minimum atomic E-state index is -0.612. The summed E-state index contributed by atoms with van der Waals surface area (Å²) in [5.41, 5.74) is 5.68. The molecule has 2 N–H and O–H groups in total. The number of nitrogens with zero attached hydrogens (tertiary/aromatic N) is 1. The van der Waals surface area contributed by atoms with Gasteiger partial charge in [0.2, 0.25) is 0 Å². The summed E-state index contributed by atoms with van der Waals surface area (Å²) in [7, 11) is 1.38. The number of benzene rings is 1. The lowest BCUT2D eigenvalue weighted by Gasteiger charge is -2.05. The van der Waals surface area contributed by atoms with E-state index in [0.717, 1.165) is 6.08 Å². The molecule has 0 aliphatic rings. The van der Waals surface area contributed by atoms with Crippen molar-refractivity contribution in [3.05, 3.63) is 33.9 Å². The van der Waals surface area contributed by atoms with Gasteiger partial charge in [0.15, 0.2) is 0 Å². The molecule has 1 aromatic carbocycles. The second-order valence-electron chi connectivity index (χ2n) is 3.49. The van der Waals surface area contributed by atoms with Gasteiger partial charge in [0.1, 0.15) is 11.4 Å². The SMILES string of the molecule is CCOC(=O)C=Cc1cc(OC)cc([N+](=O)[O-])c1N. The smallest absolute Gasteiger partial charge is 0.330 e. The molecule has 1 rings (SSSR count). The number of esters is 1. The van der Waals surface area contributed by atoms with Gasteiger partial charge in [0.05, 0.1) is 24.7 Å². The van der Waals surface area contributed by atoms with Crippen LogP contribution in [0.4, 0.5) is 11.4 Å². The standard InChI is InChI=1S/C12H14N2O5/c1-3-19-11(15)5-4-8-6-9(18-2)7-10(12(8)13)14(16)17/h4-7H,3,13H2,1-2H3. The van der Waals surface area contributed by atoms with E-state index in [2.05, 4.69) is 0 Å². The first-order valence-electron chi connectivity index (χ1n) is 5.46. The van der Waals surface area contributed by atoms with Gasteiger partial charge in [0.25, 0.3) is 5.69 Å². The lowest BCUT2D eigenvalue weighted by Crippen LogP contribution is -2.01. The van der Waals surface area contributed by atoms with Crippen LogP contribution in [0.15, 0.2) is 18.2 Å². The van der Waals surface area contributed by atoms with Crippen LogP contribution in [0.3, 0.4) is 0 Å². The van der Waals surface area contributed by atoms with Crippen LogP contribution in [0.5, 0.6) is 5.75 Å². The molecule has 0 spiro atoms. The van der Waals surface area contributed by atoms with Gasteiger partial charge in [-0.25, -0.2) is 4.79 Å². The lowest BCUT2D eigenvalue weighted by molar-refractivity contribution is -0.384. The Kier molecular flexibility index (Phi) is 4.87. The molecule has 0 fully saturated rings. The van der Waals surface area contributed by atoms with Crippen LogP contribution in [0, 0.1) is 10.1 Å². The van der Waals surface area contributed by atoms with Gasteiger partial charge < -0.3 is 15.2 Å². The monoisotopic (exact) mass is 266 g/mol. The van der Waals surface area contributed by atoms with Crippen molar-refractivity contribution >= 4 is 23.4 Å². The third kappa shape index (κ3) is 3.70. The molecule has 1 aromatic rings. The molecule has 0 saturated heterocycles. The Morgan fingerprint density at radius 2 is 2.21 bits per heavy atom. The summed E-state index contributed by atoms with van der Waals surface area (Å²) in [4.78, 5) is 21.4. The van der Waals surface area contributed by atoms with Crippen molar-refractivity contribution in [2.45, 2.75) is 6.92 Å². The maximum Gasteiger partial charge on any atom is 0.330 e. The number of ether oxygens (including phenoxy) is 2. The van der Waals surface area contributed by atoms with Crippen LogP contribution in [0.2, 0.25) is 0 Å². The van der Waals surface area contributed by atoms with E-state index in [1.807, 2.05) is 0 Å². The highest BCUT2D eigenvalue weighted by Gasteiger charge is 2.16. The zero-order valence-corrected chi connectivity index (χ0v) is 10.6. The van der Waals surface area contributed by atoms with E-state index in [0.29, 0.717) is 5.56 Å². The zero-order chi connectivity index (χ0) is 14.4. The van der Waals surface area contributed by atoms with Gasteiger partial charge in [0, 0.05) is 11.6 Å². The quantitative estimate of drug-likeness (QED) is 0.286. The summed E-state index contributed by atoms with van der Waals surface area (Å²) in [6.07, 6.45) is 2.50. The van der Waals surface area contributed by atoms with E-state index in [4.69, 9.17) is 15.2 Å². The topological polar surface area (TPSA) is 105 Å². The lowest BCUT2D eigenvalue weighted by atomic mass is 10.1. The molecule has 0 aliphatic heterocycles.